The molecule has 4 rings (SSSR count). The molecule has 0 bridgehead atoms. The van der Waals surface area contributed by atoms with Gasteiger partial charge in [-0.1, -0.05) is 42.5 Å². The van der Waals surface area contributed by atoms with Crippen molar-refractivity contribution in [3.63, 3.8) is 0 Å². The van der Waals surface area contributed by atoms with E-state index in [1.165, 1.54) is 0 Å². The van der Waals surface area contributed by atoms with Gasteiger partial charge in [-0.3, -0.25) is 9.98 Å². The summed E-state index contributed by atoms with van der Waals surface area (Å²) in [5.74, 6) is 0.645. The van der Waals surface area contributed by atoms with Crippen LogP contribution in [0.15, 0.2) is 95.2 Å². The summed E-state index contributed by atoms with van der Waals surface area (Å²) in [7, 11) is 0. The van der Waals surface area contributed by atoms with Crippen LogP contribution in [0.5, 0.6) is 17.2 Å². The lowest BCUT2D eigenvalue weighted by molar-refractivity contribution is 0.157. The van der Waals surface area contributed by atoms with Crippen LogP contribution in [0.25, 0.3) is 0 Å². The summed E-state index contributed by atoms with van der Waals surface area (Å²) >= 11 is 0. The molecule has 1 aliphatic rings. The number of benzene rings is 3. The molecule has 174 valence electrons. The van der Waals surface area contributed by atoms with Crippen molar-refractivity contribution in [3.05, 3.63) is 102 Å². The van der Waals surface area contributed by atoms with Gasteiger partial charge in [-0.15, -0.1) is 0 Å². The highest BCUT2D eigenvalue weighted by Crippen LogP contribution is 2.35. The highest BCUT2D eigenvalue weighted by molar-refractivity contribution is 5.83. The van der Waals surface area contributed by atoms with Crippen molar-refractivity contribution in [1.82, 2.24) is 9.80 Å². The Labute approximate surface area is 199 Å². The zero-order valence-electron chi connectivity index (χ0n) is 18.8. The maximum absolute atomic E-state index is 10.5. The number of para-hydroxylation sites is 3. The molecule has 34 heavy (non-hydrogen) atoms. The number of phenols is 3. The molecule has 1 heterocycles. The average Bonchev–Trinajstić information content (AvgIpc) is 3.24. The van der Waals surface area contributed by atoms with Crippen LogP contribution in [-0.4, -0.2) is 63.7 Å². The van der Waals surface area contributed by atoms with Gasteiger partial charge in [0.1, 0.15) is 23.4 Å². The topological polar surface area (TPSA) is 91.9 Å². The Morgan fingerprint density at radius 1 is 0.618 bits per heavy atom. The fraction of sp³-hybridized carbons (Fsp3) is 0.185. The lowest BCUT2D eigenvalue weighted by Gasteiger charge is -2.33. The Hall–Kier alpha value is -4.26. The van der Waals surface area contributed by atoms with Gasteiger partial charge in [0.15, 0.2) is 0 Å². The van der Waals surface area contributed by atoms with E-state index < -0.39 is 0 Å². The first-order chi connectivity index (χ1) is 16.6. The van der Waals surface area contributed by atoms with Gasteiger partial charge in [0, 0.05) is 54.6 Å². The van der Waals surface area contributed by atoms with Crippen molar-refractivity contribution in [2.24, 2.45) is 9.98 Å². The van der Waals surface area contributed by atoms with Crippen LogP contribution in [-0.2, 0) is 0 Å². The van der Waals surface area contributed by atoms with E-state index in [1.54, 1.807) is 42.8 Å². The number of nitrogens with zero attached hydrogens (tertiary/aromatic N) is 4. The third kappa shape index (κ3) is 5.56. The fourth-order valence-electron chi connectivity index (χ4n) is 3.85. The van der Waals surface area contributed by atoms with Gasteiger partial charge in [-0.05, 0) is 30.3 Å². The molecule has 0 spiro atoms. The highest BCUT2D eigenvalue weighted by Gasteiger charge is 2.29. The molecule has 1 aliphatic heterocycles. The Morgan fingerprint density at radius 2 is 1.06 bits per heavy atom. The second-order valence-electron chi connectivity index (χ2n) is 7.89. The van der Waals surface area contributed by atoms with E-state index in [-0.39, 0.29) is 23.4 Å². The summed E-state index contributed by atoms with van der Waals surface area (Å²) < 4.78 is 0. The predicted octanol–water partition coefficient (Wildman–Crippen LogP) is 4.13. The summed E-state index contributed by atoms with van der Waals surface area (Å²) in [4.78, 5) is 13.2. The Bertz CT molecular complexity index is 1120. The van der Waals surface area contributed by atoms with Gasteiger partial charge < -0.3 is 25.1 Å². The minimum absolute atomic E-state index is 0.179. The van der Waals surface area contributed by atoms with Crippen LogP contribution in [0.4, 0.5) is 0 Å². The third-order valence-corrected chi connectivity index (χ3v) is 5.60. The monoisotopic (exact) mass is 456 g/mol. The molecule has 7 nitrogen and oxygen atoms in total. The van der Waals surface area contributed by atoms with Crippen LogP contribution < -0.4 is 0 Å². The van der Waals surface area contributed by atoms with E-state index in [2.05, 4.69) is 19.8 Å². The minimum Gasteiger partial charge on any atom is -0.508 e. The van der Waals surface area contributed by atoms with Gasteiger partial charge in [0.25, 0.3) is 0 Å². The summed E-state index contributed by atoms with van der Waals surface area (Å²) in [6.45, 7) is 2.33. The molecule has 0 saturated carbocycles. The lowest BCUT2D eigenvalue weighted by atomic mass is 10.1. The molecule has 0 unspecified atom stereocenters. The summed E-state index contributed by atoms with van der Waals surface area (Å²) in [6, 6.07) is 21.5. The predicted molar refractivity (Wildman–Crippen MR) is 135 cm³/mol. The summed E-state index contributed by atoms with van der Waals surface area (Å²) in [5.41, 5.74) is 2.17. The first-order valence-corrected chi connectivity index (χ1v) is 11.2. The number of hydrogen-bond acceptors (Lipinski definition) is 7. The number of aliphatic imine (C=N–C) groups is 2. The van der Waals surface area contributed by atoms with Gasteiger partial charge in [-0.25, -0.2) is 0 Å². The molecular formula is C27H28N4O3. The SMILES string of the molecule is Oc1ccccc1C=NCCN1C=CN(CCN=Cc2ccccc2O)C1c1ccccc1O. The molecule has 0 atom stereocenters. The standard InChI is InChI=1S/C27H28N4O3/c32-24-10-4-1-7-21(24)19-28-13-15-30-17-18-31(27(30)23-9-3-6-12-26(23)34)16-14-29-20-22-8-2-5-11-25(22)33/h1-12,17-20,27,32-34H,13-16H2. The number of rotatable bonds is 9. The molecule has 0 aromatic heterocycles. The molecule has 0 fully saturated rings. The van der Waals surface area contributed by atoms with E-state index in [9.17, 15) is 15.3 Å². The molecule has 3 aromatic rings. The molecular weight excluding hydrogens is 428 g/mol. The van der Waals surface area contributed by atoms with E-state index in [4.69, 9.17) is 0 Å². The molecule has 7 heteroatoms. The zero-order valence-corrected chi connectivity index (χ0v) is 18.8. The minimum atomic E-state index is -0.179. The average molecular weight is 457 g/mol. The first kappa shape index (κ1) is 22.9. The molecule has 0 amide bonds. The Balaban J connectivity index is 1.41. The van der Waals surface area contributed by atoms with Crippen molar-refractivity contribution >= 4 is 12.4 Å². The maximum atomic E-state index is 10.5. The molecule has 3 N–H and O–H groups in total. The maximum Gasteiger partial charge on any atom is 0.131 e. The second-order valence-corrected chi connectivity index (χ2v) is 7.89. The Kier molecular flexibility index (Phi) is 7.45. The van der Waals surface area contributed by atoms with Crippen molar-refractivity contribution in [1.29, 1.82) is 0 Å². The molecule has 3 aromatic carbocycles. The normalized spacial score (nSPS) is 15.7. The van der Waals surface area contributed by atoms with Crippen LogP contribution in [0, 0.1) is 0 Å². The quantitative estimate of drug-likeness (QED) is 0.421. The summed E-state index contributed by atoms with van der Waals surface area (Å²) in [5, 5.41) is 30.3. The van der Waals surface area contributed by atoms with Gasteiger partial charge in [0.2, 0.25) is 0 Å². The molecule has 0 radical (unpaired) electrons. The largest absolute Gasteiger partial charge is 0.508 e. The first-order valence-electron chi connectivity index (χ1n) is 11.2. The van der Waals surface area contributed by atoms with Crippen molar-refractivity contribution < 1.29 is 15.3 Å². The molecule has 0 saturated heterocycles. The van der Waals surface area contributed by atoms with Gasteiger partial charge >= 0.3 is 0 Å². The third-order valence-electron chi connectivity index (χ3n) is 5.60. The molecule has 0 aliphatic carbocycles. The number of phenolic OH excluding ortho intramolecular Hbond substituents is 3. The number of hydrogen-bond donors (Lipinski definition) is 3. The zero-order chi connectivity index (χ0) is 23.8. The number of aromatic hydroxyl groups is 3. The van der Waals surface area contributed by atoms with Gasteiger partial charge in [-0.2, -0.15) is 0 Å². The van der Waals surface area contributed by atoms with Crippen LogP contribution in [0.1, 0.15) is 22.9 Å². The van der Waals surface area contributed by atoms with Crippen LogP contribution in [0.3, 0.4) is 0 Å². The second kappa shape index (κ2) is 11.0. The van der Waals surface area contributed by atoms with Crippen LogP contribution >= 0.6 is 0 Å². The smallest absolute Gasteiger partial charge is 0.131 e. The van der Waals surface area contributed by atoms with Crippen molar-refractivity contribution in [3.8, 4) is 17.2 Å². The van der Waals surface area contributed by atoms with E-state index in [1.807, 2.05) is 54.9 Å². The van der Waals surface area contributed by atoms with Gasteiger partial charge in [0.05, 0.1) is 13.1 Å². The highest BCUT2D eigenvalue weighted by atomic mass is 16.3. The van der Waals surface area contributed by atoms with Crippen LogP contribution in [0.2, 0.25) is 0 Å². The van der Waals surface area contributed by atoms with Crippen molar-refractivity contribution in [2.45, 2.75) is 6.17 Å². The van der Waals surface area contributed by atoms with E-state index in [0.29, 0.717) is 37.3 Å². The fourth-order valence-corrected chi connectivity index (χ4v) is 3.85. The summed E-state index contributed by atoms with van der Waals surface area (Å²) in [6.07, 6.45) is 7.17. The lowest BCUT2D eigenvalue weighted by Crippen LogP contribution is -2.33. The van der Waals surface area contributed by atoms with E-state index >= 15 is 0 Å². The van der Waals surface area contributed by atoms with E-state index in [0.717, 1.165) is 5.56 Å². The Morgan fingerprint density at radius 3 is 1.53 bits per heavy atom. The van der Waals surface area contributed by atoms with Crippen molar-refractivity contribution in [2.75, 3.05) is 26.2 Å².